The van der Waals surface area contributed by atoms with E-state index in [0.29, 0.717) is 0 Å². The maximum absolute atomic E-state index is 13.1. The number of aliphatic hydroxyl groups is 1. The molecule has 0 saturated heterocycles. The Labute approximate surface area is 112 Å². The lowest BCUT2D eigenvalue weighted by molar-refractivity contribution is 0.0422. The van der Waals surface area contributed by atoms with Crippen LogP contribution in [0, 0.1) is 18.7 Å². The highest BCUT2D eigenvalue weighted by Crippen LogP contribution is 2.39. The molecule has 19 heavy (non-hydrogen) atoms. The normalized spacial score (nSPS) is 19.2. The summed E-state index contributed by atoms with van der Waals surface area (Å²) in [6.07, 6.45) is 1.84. The van der Waals surface area contributed by atoms with Gasteiger partial charge in [0, 0.05) is 6.54 Å². The molecule has 0 radical (unpaired) electrons. The molecule has 0 heterocycles. The molecule has 1 aliphatic carbocycles. The van der Waals surface area contributed by atoms with Gasteiger partial charge in [-0.3, -0.25) is 0 Å². The molecular formula is C13H18FNO3S. The predicted octanol–water partition coefficient (Wildman–Crippen LogP) is 1.57. The van der Waals surface area contributed by atoms with Crippen LogP contribution in [0.4, 0.5) is 4.39 Å². The van der Waals surface area contributed by atoms with Gasteiger partial charge in [-0.2, -0.15) is 0 Å². The fourth-order valence-corrected chi connectivity index (χ4v) is 3.19. The molecule has 6 heteroatoms. The first-order chi connectivity index (χ1) is 8.72. The molecule has 2 rings (SSSR count). The lowest BCUT2D eigenvalue weighted by Gasteiger charge is -2.23. The first kappa shape index (κ1) is 14.4. The van der Waals surface area contributed by atoms with E-state index in [4.69, 9.17) is 0 Å². The highest BCUT2D eigenvalue weighted by atomic mass is 32.2. The molecule has 1 unspecified atom stereocenters. The molecule has 4 nitrogen and oxygen atoms in total. The van der Waals surface area contributed by atoms with Crippen LogP contribution in [0.2, 0.25) is 0 Å². The van der Waals surface area contributed by atoms with Gasteiger partial charge in [-0.05, 0) is 56.4 Å². The van der Waals surface area contributed by atoms with E-state index in [1.807, 2.05) is 0 Å². The summed E-state index contributed by atoms with van der Waals surface area (Å²) in [5, 5.41) is 10.1. The summed E-state index contributed by atoms with van der Waals surface area (Å²) in [5.74, 6) is -0.283. The van der Waals surface area contributed by atoms with Crippen molar-refractivity contribution < 1.29 is 17.9 Å². The minimum absolute atomic E-state index is 0.0120. The largest absolute Gasteiger partial charge is 0.389 e. The number of benzene rings is 1. The first-order valence-corrected chi connectivity index (χ1v) is 7.69. The molecule has 0 amide bonds. The SMILES string of the molecule is Cc1cc(S(=O)(=O)NCC(C)(O)C2CC2)ccc1F. The summed E-state index contributed by atoms with van der Waals surface area (Å²) >= 11 is 0. The Kier molecular flexibility index (Phi) is 3.68. The summed E-state index contributed by atoms with van der Waals surface area (Å²) < 4.78 is 39.6. The van der Waals surface area contributed by atoms with Crippen LogP contribution in [0.15, 0.2) is 23.1 Å². The monoisotopic (exact) mass is 287 g/mol. The highest BCUT2D eigenvalue weighted by Gasteiger charge is 2.40. The van der Waals surface area contributed by atoms with E-state index in [0.717, 1.165) is 18.9 Å². The van der Waals surface area contributed by atoms with E-state index in [-0.39, 0.29) is 22.9 Å². The second kappa shape index (κ2) is 4.85. The maximum atomic E-state index is 13.1. The summed E-state index contributed by atoms with van der Waals surface area (Å²) in [6.45, 7) is 3.11. The molecule has 1 aromatic rings. The second-order valence-electron chi connectivity index (χ2n) is 5.37. The van der Waals surface area contributed by atoms with E-state index in [9.17, 15) is 17.9 Å². The van der Waals surface area contributed by atoms with Gasteiger partial charge in [-0.25, -0.2) is 17.5 Å². The van der Waals surface area contributed by atoms with Gasteiger partial charge in [0.15, 0.2) is 0 Å². The molecule has 106 valence electrons. The zero-order valence-corrected chi connectivity index (χ0v) is 11.8. The van der Waals surface area contributed by atoms with E-state index in [1.165, 1.54) is 19.1 Å². The number of halogens is 1. The van der Waals surface area contributed by atoms with Crippen LogP contribution in [0.3, 0.4) is 0 Å². The molecule has 0 bridgehead atoms. The third kappa shape index (κ3) is 3.32. The Hall–Kier alpha value is -0.980. The molecule has 0 spiro atoms. The molecule has 1 aliphatic rings. The minimum atomic E-state index is -3.72. The summed E-state index contributed by atoms with van der Waals surface area (Å²) in [5.41, 5.74) is -0.751. The molecule has 1 aromatic carbocycles. The maximum Gasteiger partial charge on any atom is 0.240 e. The van der Waals surface area contributed by atoms with Crippen molar-refractivity contribution in [1.82, 2.24) is 4.72 Å². The second-order valence-corrected chi connectivity index (χ2v) is 7.13. The molecule has 1 saturated carbocycles. The van der Waals surface area contributed by atoms with Gasteiger partial charge >= 0.3 is 0 Å². The van der Waals surface area contributed by atoms with Gasteiger partial charge in [-0.1, -0.05) is 0 Å². The molecule has 1 atom stereocenters. The zero-order chi connectivity index (χ0) is 14.3. The number of aryl methyl sites for hydroxylation is 1. The predicted molar refractivity (Wildman–Crippen MR) is 69.7 cm³/mol. The fraction of sp³-hybridized carbons (Fsp3) is 0.538. The van der Waals surface area contributed by atoms with Crippen molar-refractivity contribution in [2.75, 3.05) is 6.54 Å². The Morgan fingerprint density at radius 3 is 2.63 bits per heavy atom. The first-order valence-electron chi connectivity index (χ1n) is 6.20. The zero-order valence-electron chi connectivity index (χ0n) is 11.0. The molecule has 2 N–H and O–H groups in total. The van der Waals surface area contributed by atoms with Crippen LogP contribution in [-0.4, -0.2) is 25.7 Å². The fourth-order valence-electron chi connectivity index (χ4n) is 1.96. The molecular weight excluding hydrogens is 269 g/mol. The lowest BCUT2D eigenvalue weighted by Crippen LogP contribution is -2.42. The van der Waals surface area contributed by atoms with Crippen LogP contribution in [0.5, 0.6) is 0 Å². The Bertz CT molecular complexity index is 580. The van der Waals surface area contributed by atoms with Crippen LogP contribution >= 0.6 is 0 Å². The van der Waals surface area contributed by atoms with Gasteiger partial charge in [-0.15, -0.1) is 0 Å². The topological polar surface area (TPSA) is 66.4 Å². The third-order valence-electron chi connectivity index (χ3n) is 3.52. The van der Waals surface area contributed by atoms with Crippen LogP contribution in [0.25, 0.3) is 0 Å². The number of sulfonamides is 1. The van der Waals surface area contributed by atoms with Gasteiger partial charge < -0.3 is 5.11 Å². The van der Waals surface area contributed by atoms with Crippen LogP contribution in [0.1, 0.15) is 25.3 Å². The Balaban J connectivity index is 2.11. The summed E-state index contributed by atoms with van der Waals surface area (Å²) in [7, 11) is -3.72. The van der Waals surface area contributed by atoms with Gasteiger partial charge in [0.1, 0.15) is 5.82 Å². The highest BCUT2D eigenvalue weighted by molar-refractivity contribution is 7.89. The van der Waals surface area contributed by atoms with Crippen LogP contribution < -0.4 is 4.72 Å². The van der Waals surface area contributed by atoms with Crippen molar-refractivity contribution in [3.63, 3.8) is 0 Å². The Morgan fingerprint density at radius 1 is 1.47 bits per heavy atom. The molecule has 0 aromatic heterocycles. The van der Waals surface area contributed by atoms with Crippen molar-refractivity contribution in [3.05, 3.63) is 29.6 Å². The Morgan fingerprint density at radius 2 is 2.11 bits per heavy atom. The average molecular weight is 287 g/mol. The van der Waals surface area contributed by atoms with Gasteiger partial charge in [0.2, 0.25) is 10.0 Å². The van der Waals surface area contributed by atoms with Crippen molar-refractivity contribution >= 4 is 10.0 Å². The summed E-state index contributed by atoms with van der Waals surface area (Å²) in [4.78, 5) is 0.0120. The van der Waals surface area contributed by atoms with Gasteiger partial charge in [0.05, 0.1) is 10.5 Å². The third-order valence-corrected chi connectivity index (χ3v) is 4.92. The van der Waals surface area contributed by atoms with Crippen molar-refractivity contribution in [2.45, 2.75) is 37.2 Å². The average Bonchev–Trinajstić information content (AvgIpc) is 3.14. The lowest BCUT2D eigenvalue weighted by atomic mass is 10.0. The number of nitrogens with one attached hydrogen (secondary N) is 1. The smallest absolute Gasteiger partial charge is 0.240 e. The molecule has 0 aliphatic heterocycles. The van der Waals surface area contributed by atoms with Crippen LogP contribution in [-0.2, 0) is 10.0 Å². The standard InChI is InChI=1S/C13H18FNO3S/c1-9-7-11(5-6-12(9)14)19(17,18)15-8-13(2,16)10-3-4-10/h5-7,10,15-16H,3-4,8H2,1-2H3. The van der Waals surface area contributed by atoms with E-state index in [1.54, 1.807) is 6.92 Å². The molecule has 1 fully saturated rings. The van der Waals surface area contributed by atoms with Gasteiger partial charge in [0.25, 0.3) is 0 Å². The quantitative estimate of drug-likeness (QED) is 0.864. The van der Waals surface area contributed by atoms with E-state index >= 15 is 0 Å². The summed E-state index contributed by atoms with van der Waals surface area (Å²) in [6, 6.07) is 3.63. The number of hydrogen-bond donors (Lipinski definition) is 2. The van der Waals surface area contributed by atoms with Crippen molar-refractivity contribution in [1.29, 1.82) is 0 Å². The number of rotatable bonds is 5. The van der Waals surface area contributed by atoms with E-state index in [2.05, 4.69) is 4.72 Å². The van der Waals surface area contributed by atoms with Crippen molar-refractivity contribution in [2.24, 2.45) is 5.92 Å². The minimum Gasteiger partial charge on any atom is -0.389 e. The number of hydrogen-bond acceptors (Lipinski definition) is 3. The van der Waals surface area contributed by atoms with E-state index < -0.39 is 21.4 Å². The van der Waals surface area contributed by atoms with Crippen molar-refractivity contribution in [3.8, 4) is 0 Å².